The molecule has 0 spiro atoms. The van der Waals surface area contributed by atoms with Crippen molar-refractivity contribution < 1.29 is 15.1 Å². The van der Waals surface area contributed by atoms with Gasteiger partial charge in [0.1, 0.15) is 5.69 Å². The first-order valence-electron chi connectivity index (χ1n) is 5.04. The Labute approximate surface area is 106 Å². The molecule has 17 heavy (non-hydrogen) atoms. The highest BCUT2D eigenvalue weighted by atomic mass is 79.9. The molecule has 2 atom stereocenters. The normalized spacial score (nSPS) is 24.1. The lowest BCUT2D eigenvalue weighted by molar-refractivity contribution is -0.384. The van der Waals surface area contributed by atoms with Gasteiger partial charge in [-0.05, 0) is 12.1 Å². The number of rotatable bonds is 2. The Morgan fingerprint density at radius 2 is 1.94 bits per heavy atom. The first kappa shape index (κ1) is 12.3. The lowest BCUT2D eigenvalue weighted by Crippen LogP contribution is -2.22. The van der Waals surface area contributed by atoms with Gasteiger partial charge < -0.3 is 15.1 Å². The summed E-state index contributed by atoms with van der Waals surface area (Å²) in [6, 6.07) is 4.71. The minimum absolute atomic E-state index is 0.0410. The number of nitro groups is 1. The van der Waals surface area contributed by atoms with Crippen LogP contribution in [0.25, 0.3) is 0 Å². The van der Waals surface area contributed by atoms with Crippen molar-refractivity contribution in [2.75, 3.05) is 18.0 Å². The van der Waals surface area contributed by atoms with Gasteiger partial charge in [0.2, 0.25) is 0 Å². The van der Waals surface area contributed by atoms with Crippen LogP contribution in [-0.2, 0) is 0 Å². The van der Waals surface area contributed by atoms with E-state index in [1.54, 1.807) is 17.0 Å². The second-order valence-electron chi connectivity index (χ2n) is 3.93. The van der Waals surface area contributed by atoms with E-state index < -0.39 is 17.1 Å². The van der Waals surface area contributed by atoms with Crippen LogP contribution in [-0.4, -0.2) is 40.4 Å². The predicted octanol–water partition coefficient (Wildman–Crippen LogP) is 0.899. The molecule has 1 aliphatic heterocycles. The number of nitrogens with zero attached hydrogens (tertiary/aromatic N) is 2. The molecule has 1 heterocycles. The lowest BCUT2D eigenvalue weighted by Gasteiger charge is -2.17. The molecule has 0 radical (unpaired) electrons. The summed E-state index contributed by atoms with van der Waals surface area (Å²) in [5.74, 6) is 0. The van der Waals surface area contributed by atoms with Gasteiger partial charge in [0.25, 0.3) is 5.69 Å². The van der Waals surface area contributed by atoms with Crippen LogP contribution in [0.15, 0.2) is 22.7 Å². The fourth-order valence-electron chi connectivity index (χ4n) is 1.88. The van der Waals surface area contributed by atoms with Gasteiger partial charge in [0, 0.05) is 23.6 Å². The van der Waals surface area contributed by atoms with Gasteiger partial charge in [0.15, 0.2) is 0 Å². The summed E-state index contributed by atoms with van der Waals surface area (Å²) in [7, 11) is 0. The lowest BCUT2D eigenvalue weighted by atomic mass is 10.2. The zero-order chi connectivity index (χ0) is 12.6. The minimum atomic E-state index is -0.863. The number of hydrogen-bond acceptors (Lipinski definition) is 5. The molecule has 1 aromatic carbocycles. The van der Waals surface area contributed by atoms with Crippen molar-refractivity contribution in [3.63, 3.8) is 0 Å². The van der Waals surface area contributed by atoms with Gasteiger partial charge in [-0.15, -0.1) is 0 Å². The monoisotopic (exact) mass is 302 g/mol. The summed E-state index contributed by atoms with van der Waals surface area (Å²) in [5, 5.41) is 29.8. The second kappa shape index (κ2) is 4.59. The molecular weight excluding hydrogens is 292 g/mol. The van der Waals surface area contributed by atoms with E-state index in [1.165, 1.54) is 6.07 Å². The maximum Gasteiger partial charge on any atom is 0.293 e. The van der Waals surface area contributed by atoms with E-state index in [1.807, 2.05) is 0 Å². The minimum Gasteiger partial charge on any atom is -0.389 e. The number of anilines is 1. The summed E-state index contributed by atoms with van der Waals surface area (Å²) in [5.41, 5.74) is 0.370. The van der Waals surface area contributed by atoms with Crippen LogP contribution in [0.3, 0.4) is 0 Å². The molecule has 0 aromatic heterocycles. The molecule has 1 saturated heterocycles. The highest BCUT2D eigenvalue weighted by Gasteiger charge is 2.32. The predicted molar refractivity (Wildman–Crippen MR) is 65.0 cm³/mol. The SMILES string of the molecule is O=[N+]([O-])c1cc(Br)ccc1N1CC(O)C(O)C1. The average Bonchev–Trinajstić information content (AvgIpc) is 2.59. The fourth-order valence-corrected chi connectivity index (χ4v) is 2.23. The Kier molecular flexibility index (Phi) is 3.32. The molecule has 2 unspecified atom stereocenters. The van der Waals surface area contributed by atoms with E-state index in [4.69, 9.17) is 0 Å². The van der Waals surface area contributed by atoms with Crippen LogP contribution in [0.1, 0.15) is 0 Å². The zero-order valence-electron chi connectivity index (χ0n) is 8.78. The molecule has 1 aliphatic rings. The first-order chi connectivity index (χ1) is 7.99. The van der Waals surface area contributed by atoms with E-state index in [2.05, 4.69) is 15.9 Å². The molecule has 2 rings (SSSR count). The standard InChI is InChI=1S/C10H11BrN2O4/c11-6-1-2-7(8(3-6)13(16)17)12-4-9(14)10(15)5-12/h1-3,9-10,14-15H,4-5H2. The summed E-state index contributed by atoms with van der Waals surface area (Å²) in [6.07, 6.45) is -1.73. The van der Waals surface area contributed by atoms with E-state index >= 15 is 0 Å². The smallest absolute Gasteiger partial charge is 0.293 e. The van der Waals surface area contributed by atoms with E-state index in [-0.39, 0.29) is 18.8 Å². The van der Waals surface area contributed by atoms with Gasteiger partial charge in [-0.3, -0.25) is 10.1 Å². The van der Waals surface area contributed by atoms with E-state index in [0.717, 1.165) is 0 Å². The maximum atomic E-state index is 10.9. The highest BCUT2D eigenvalue weighted by molar-refractivity contribution is 9.10. The van der Waals surface area contributed by atoms with E-state index in [9.17, 15) is 20.3 Å². The van der Waals surface area contributed by atoms with Crippen LogP contribution in [0.5, 0.6) is 0 Å². The topological polar surface area (TPSA) is 86.8 Å². The van der Waals surface area contributed by atoms with Gasteiger partial charge in [0.05, 0.1) is 17.1 Å². The van der Waals surface area contributed by atoms with Crippen molar-refractivity contribution >= 4 is 27.3 Å². The number of hydrogen-bond donors (Lipinski definition) is 2. The fraction of sp³-hybridized carbons (Fsp3) is 0.400. The van der Waals surface area contributed by atoms with Crippen LogP contribution >= 0.6 is 15.9 Å². The van der Waals surface area contributed by atoms with E-state index in [0.29, 0.717) is 10.2 Å². The number of benzene rings is 1. The third-order valence-corrected chi connectivity index (χ3v) is 3.23. The molecule has 1 fully saturated rings. The molecule has 2 N–H and O–H groups in total. The van der Waals surface area contributed by atoms with Gasteiger partial charge in [-0.1, -0.05) is 15.9 Å². The Balaban J connectivity index is 2.36. The largest absolute Gasteiger partial charge is 0.389 e. The number of β-amino-alcohol motifs (C(OH)–C–C–N with tert-alkyl or cyclic N) is 2. The summed E-state index contributed by atoms with van der Waals surface area (Å²) >= 11 is 3.18. The van der Waals surface area contributed by atoms with Gasteiger partial charge >= 0.3 is 0 Å². The van der Waals surface area contributed by atoms with Crippen molar-refractivity contribution in [1.82, 2.24) is 0 Å². The molecule has 92 valence electrons. The quantitative estimate of drug-likeness (QED) is 0.626. The number of aliphatic hydroxyl groups is 2. The van der Waals surface area contributed by atoms with Crippen molar-refractivity contribution in [2.45, 2.75) is 12.2 Å². The second-order valence-corrected chi connectivity index (χ2v) is 4.85. The van der Waals surface area contributed by atoms with Gasteiger partial charge in [-0.25, -0.2) is 0 Å². The molecule has 6 nitrogen and oxygen atoms in total. The number of aliphatic hydroxyl groups excluding tert-OH is 2. The van der Waals surface area contributed by atoms with Crippen LogP contribution < -0.4 is 4.90 Å². The van der Waals surface area contributed by atoms with Crippen molar-refractivity contribution in [1.29, 1.82) is 0 Å². The van der Waals surface area contributed by atoms with Crippen molar-refractivity contribution in [2.24, 2.45) is 0 Å². The summed E-state index contributed by atoms with van der Waals surface area (Å²) in [4.78, 5) is 12.1. The third-order valence-electron chi connectivity index (χ3n) is 2.73. The van der Waals surface area contributed by atoms with Crippen LogP contribution in [0, 0.1) is 10.1 Å². The molecule has 0 aliphatic carbocycles. The zero-order valence-corrected chi connectivity index (χ0v) is 10.4. The molecular formula is C10H11BrN2O4. The molecule has 0 saturated carbocycles. The van der Waals surface area contributed by atoms with Crippen molar-refractivity contribution in [3.8, 4) is 0 Å². The molecule has 0 amide bonds. The van der Waals surface area contributed by atoms with Crippen LogP contribution in [0.2, 0.25) is 0 Å². The Morgan fingerprint density at radius 1 is 1.35 bits per heavy atom. The highest BCUT2D eigenvalue weighted by Crippen LogP contribution is 2.33. The maximum absolute atomic E-state index is 10.9. The third kappa shape index (κ3) is 2.41. The number of nitro benzene ring substituents is 1. The Morgan fingerprint density at radius 3 is 2.47 bits per heavy atom. The first-order valence-corrected chi connectivity index (χ1v) is 5.83. The Bertz CT molecular complexity index is 444. The summed E-state index contributed by atoms with van der Waals surface area (Å²) < 4.78 is 0.619. The summed E-state index contributed by atoms with van der Waals surface area (Å²) in [6.45, 7) is 0.396. The molecule has 0 bridgehead atoms. The molecule has 7 heteroatoms. The Hall–Kier alpha value is -1.18. The van der Waals surface area contributed by atoms with Crippen LogP contribution in [0.4, 0.5) is 11.4 Å². The molecule has 1 aromatic rings. The van der Waals surface area contributed by atoms with Crippen molar-refractivity contribution in [3.05, 3.63) is 32.8 Å². The number of halogens is 1. The van der Waals surface area contributed by atoms with Gasteiger partial charge in [-0.2, -0.15) is 0 Å². The average molecular weight is 303 g/mol.